The fourth-order valence-corrected chi connectivity index (χ4v) is 2.17. The smallest absolute Gasteiger partial charge is 0.323 e. The highest BCUT2D eigenvalue weighted by Gasteiger charge is 2.19. The molecule has 0 atom stereocenters. The van der Waals surface area contributed by atoms with Gasteiger partial charge in [-0.05, 0) is 44.5 Å². The van der Waals surface area contributed by atoms with Gasteiger partial charge in [-0.25, -0.2) is 0 Å². The van der Waals surface area contributed by atoms with Crippen molar-refractivity contribution >= 4 is 17.7 Å². The van der Waals surface area contributed by atoms with Gasteiger partial charge in [0.1, 0.15) is 12.3 Å². The Balaban J connectivity index is 2.49. The molecule has 1 rings (SSSR count). The van der Waals surface area contributed by atoms with E-state index in [1.54, 1.807) is 45.2 Å². The summed E-state index contributed by atoms with van der Waals surface area (Å²) in [6.07, 6.45) is 0.803. The van der Waals surface area contributed by atoms with Crippen molar-refractivity contribution in [2.24, 2.45) is 0 Å². The first-order valence-corrected chi connectivity index (χ1v) is 7.53. The van der Waals surface area contributed by atoms with Crippen molar-refractivity contribution in [2.75, 3.05) is 13.7 Å². The van der Waals surface area contributed by atoms with E-state index in [2.05, 4.69) is 0 Å². The van der Waals surface area contributed by atoms with E-state index < -0.39 is 5.97 Å². The highest BCUT2D eigenvalue weighted by molar-refractivity contribution is 5.96. The fourth-order valence-electron chi connectivity index (χ4n) is 2.17. The van der Waals surface area contributed by atoms with Crippen LogP contribution in [0.25, 0.3) is 0 Å². The van der Waals surface area contributed by atoms with Gasteiger partial charge in [-0.3, -0.25) is 14.4 Å². The number of ketones is 1. The van der Waals surface area contributed by atoms with E-state index in [0.29, 0.717) is 17.7 Å². The van der Waals surface area contributed by atoms with Crippen molar-refractivity contribution in [1.82, 2.24) is 4.90 Å². The maximum absolute atomic E-state index is 12.1. The number of ether oxygens (including phenoxy) is 1. The van der Waals surface area contributed by atoms with E-state index in [0.717, 1.165) is 0 Å². The summed E-state index contributed by atoms with van der Waals surface area (Å²) >= 11 is 0. The summed E-state index contributed by atoms with van der Waals surface area (Å²) in [5.74, 6) is -0.654. The number of rotatable bonds is 9. The topological polar surface area (TPSA) is 83.9 Å². The minimum Gasteiger partial charge on any atom is -0.497 e. The molecule has 1 N–H and O–H groups in total. The number of carboxylic acids is 1. The zero-order chi connectivity index (χ0) is 17.4. The van der Waals surface area contributed by atoms with Gasteiger partial charge in [0.25, 0.3) is 0 Å². The van der Waals surface area contributed by atoms with Gasteiger partial charge in [-0.2, -0.15) is 0 Å². The lowest BCUT2D eigenvalue weighted by molar-refractivity contribution is -0.145. The molecule has 0 spiro atoms. The molecule has 1 amide bonds. The highest BCUT2D eigenvalue weighted by atomic mass is 16.5. The minimum absolute atomic E-state index is 0.0465. The number of hydrogen-bond acceptors (Lipinski definition) is 4. The third-order valence-corrected chi connectivity index (χ3v) is 3.46. The molecule has 0 aliphatic heterocycles. The van der Waals surface area contributed by atoms with E-state index in [9.17, 15) is 14.4 Å². The maximum Gasteiger partial charge on any atom is 0.323 e. The van der Waals surface area contributed by atoms with E-state index in [1.807, 2.05) is 0 Å². The van der Waals surface area contributed by atoms with Crippen molar-refractivity contribution in [3.05, 3.63) is 29.8 Å². The first-order chi connectivity index (χ1) is 10.8. The lowest BCUT2D eigenvalue weighted by Crippen LogP contribution is -2.40. The van der Waals surface area contributed by atoms with Crippen LogP contribution in [0.3, 0.4) is 0 Å². The summed E-state index contributed by atoms with van der Waals surface area (Å²) in [4.78, 5) is 36.2. The Labute approximate surface area is 136 Å². The number of nitrogens with zero attached hydrogens (tertiary/aromatic N) is 1. The monoisotopic (exact) mass is 321 g/mol. The third-order valence-electron chi connectivity index (χ3n) is 3.46. The van der Waals surface area contributed by atoms with E-state index in [1.165, 1.54) is 4.90 Å². The van der Waals surface area contributed by atoms with Crippen LogP contribution < -0.4 is 4.74 Å². The summed E-state index contributed by atoms with van der Waals surface area (Å²) in [6, 6.07) is 6.62. The number of aliphatic carboxylic acids is 1. The van der Waals surface area contributed by atoms with Crippen molar-refractivity contribution in [3.63, 3.8) is 0 Å². The van der Waals surface area contributed by atoms with Crippen LogP contribution in [0.1, 0.15) is 43.5 Å². The largest absolute Gasteiger partial charge is 0.497 e. The maximum atomic E-state index is 12.1. The quantitative estimate of drug-likeness (QED) is 0.706. The van der Waals surface area contributed by atoms with Crippen LogP contribution in [0.2, 0.25) is 0 Å². The number of Topliss-reactive ketones (excluding diaryl/α,β-unsaturated/α-hetero) is 1. The molecule has 0 heterocycles. The minimum atomic E-state index is -1.04. The van der Waals surface area contributed by atoms with Crippen molar-refractivity contribution in [1.29, 1.82) is 0 Å². The number of carbonyl (C=O) groups is 3. The van der Waals surface area contributed by atoms with Gasteiger partial charge in [0, 0.05) is 24.4 Å². The molecule has 0 saturated carbocycles. The average Bonchev–Trinajstić information content (AvgIpc) is 2.52. The lowest BCUT2D eigenvalue weighted by Gasteiger charge is -2.24. The number of amides is 1. The van der Waals surface area contributed by atoms with Crippen LogP contribution in [-0.4, -0.2) is 47.4 Å². The van der Waals surface area contributed by atoms with Gasteiger partial charge < -0.3 is 14.7 Å². The normalized spacial score (nSPS) is 10.4. The molecule has 0 aliphatic carbocycles. The fraction of sp³-hybridized carbons (Fsp3) is 0.471. The Morgan fingerprint density at radius 3 is 2.22 bits per heavy atom. The number of hydrogen-bond donors (Lipinski definition) is 1. The molecule has 0 radical (unpaired) electrons. The van der Waals surface area contributed by atoms with Gasteiger partial charge in [0.2, 0.25) is 5.91 Å². The SMILES string of the molecule is COc1ccc(C(=O)CCCC(=O)N(CC(=O)O)C(C)C)cc1. The lowest BCUT2D eigenvalue weighted by atomic mass is 10.0. The van der Waals surface area contributed by atoms with Crippen LogP contribution in [0.4, 0.5) is 0 Å². The van der Waals surface area contributed by atoms with E-state index in [4.69, 9.17) is 9.84 Å². The van der Waals surface area contributed by atoms with Gasteiger partial charge >= 0.3 is 5.97 Å². The Morgan fingerprint density at radius 1 is 1.13 bits per heavy atom. The van der Waals surface area contributed by atoms with Crippen LogP contribution in [-0.2, 0) is 9.59 Å². The van der Waals surface area contributed by atoms with Crippen LogP contribution in [0, 0.1) is 0 Å². The second-order valence-corrected chi connectivity index (χ2v) is 5.51. The summed E-state index contributed by atoms with van der Waals surface area (Å²) < 4.78 is 5.03. The zero-order valence-electron chi connectivity index (χ0n) is 13.7. The van der Waals surface area contributed by atoms with Gasteiger partial charge in [0.05, 0.1) is 7.11 Å². The summed E-state index contributed by atoms with van der Waals surface area (Å²) in [5, 5.41) is 8.83. The molecule has 6 nitrogen and oxygen atoms in total. The summed E-state index contributed by atoms with van der Waals surface area (Å²) in [6.45, 7) is 3.22. The Bertz CT molecular complexity index is 551. The molecule has 23 heavy (non-hydrogen) atoms. The third kappa shape index (κ3) is 6.10. The average molecular weight is 321 g/mol. The molecule has 0 saturated heterocycles. The summed E-state index contributed by atoms with van der Waals surface area (Å²) in [7, 11) is 1.56. The molecule has 0 bridgehead atoms. The number of carbonyl (C=O) groups excluding carboxylic acids is 2. The highest BCUT2D eigenvalue weighted by Crippen LogP contribution is 2.14. The molecular formula is C17H23NO5. The Hall–Kier alpha value is -2.37. The molecule has 0 aromatic heterocycles. The van der Waals surface area contributed by atoms with Gasteiger partial charge in [-0.1, -0.05) is 0 Å². The van der Waals surface area contributed by atoms with Crippen molar-refractivity contribution in [3.8, 4) is 5.75 Å². The molecule has 0 unspecified atom stereocenters. The summed E-state index contributed by atoms with van der Waals surface area (Å²) in [5.41, 5.74) is 0.574. The Kier molecular flexibility index (Phi) is 7.25. The molecular weight excluding hydrogens is 298 g/mol. The molecule has 1 aromatic carbocycles. The Morgan fingerprint density at radius 2 is 1.74 bits per heavy atom. The van der Waals surface area contributed by atoms with Gasteiger partial charge in [0.15, 0.2) is 5.78 Å². The first-order valence-electron chi connectivity index (χ1n) is 7.53. The van der Waals surface area contributed by atoms with Crippen LogP contribution >= 0.6 is 0 Å². The van der Waals surface area contributed by atoms with Crippen LogP contribution in [0.5, 0.6) is 5.75 Å². The molecule has 1 aromatic rings. The second-order valence-electron chi connectivity index (χ2n) is 5.51. The number of methoxy groups -OCH3 is 1. The van der Waals surface area contributed by atoms with E-state index >= 15 is 0 Å². The molecule has 0 aliphatic rings. The van der Waals surface area contributed by atoms with Crippen LogP contribution in [0.15, 0.2) is 24.3 Å². The molecule has 0 fully saturated rings. The predicted octanol–water partition coefficient (Wildman–Crippen LogP) is 2.37. The van der Waals surface area contributed by atoms with E-state index in [-0.39, 0.29) is 37.1 Å². The number of benzene rings is 1. The number of carboxylic acid groups (broad SMARTS) is 1. The molecule has 126 valence electrons. The second kappa shape index (κ2) is 8.92. The predicted molar refractivity (Wildman–Crippen MR) is 85.7 cm³/mol. The van der Waals surface area contributed by atoms with Gasteiger partial charge in [-0.15, -0.1) is 0 Å². The molecule has 6 heteroatoms. The van der Waals surface area contributed by atoms with Crippen molar-refractivity contribution < 1.29 is 24.2 Å². The van der Waals surface area contributed by atoms with Crippen molar-refractivity contribution in [2.45, 2.75) is 39.2 Å². The first kappa shape index (κ1) is 18.7. The standard InChI is InChI=1S/C17H23NO5/c1-12(2)18(11-17(21)22)16(20)6-4-5-15(19)13-7-9-14(23-3)10-8-13/h7-10,12H,4-6,11H2,1-3H3,(H,21,22). The zero-order valence-corrected chi connectivity index (χ0v) is 13.7.